The Kier molecular flexibility index (Phi) is 6.29. The van der Waals surface area contributed by atoms with Crippen molar-refractivity contribution < 1.29 is 9.53 Å². The van der Waals surface area contributed by atoms with E-state index in [2.05, 4.69) is 44.9 Å². The predicted molar refractivity (Wildman–Crippen MR) is 121 cm³/mol. The third kappa shape index (κ3) is 4.32. The second-order valence-electron chi connectivity index (χ2n) is 7.92. The van der Waals surface area contributed by atoms with Crippen molar-refractivity contribution >= 4 is 33.3 Å². The summed E-state index contributed by atoms with van der Waals surface area (Å²) in [4.78, 5) is 23.2. The fraction of sp³-hybridized carbons (Fsp3) is 0.435. The molecule has 1 aliphatic rings. The zero-order valence-corrected chi connectivity index (χ0v) is 18.5. The third-order valence-corrected chi connectivity index (χ3v) is 6.65. The van der Waals surface area contributed by atoms with E-state index in [9.17, 15) is 4.79 Å². The number of hydrogen-bond acceptors (Lipinski definition) is 6. The molecule has 0 saturated carbocycles. The Labute approximate surface area is 181 Å². The van der Waals surface area contributed by atoms with Gasteiger partial charge >= 0.3 is 0 Å². The average Bonchev–Trinajstić information content (AvgIpc) is 3.09. The first-order valence-electron chi connectivity index (χ1n) is 10.5. The molecule has 1 amide bonds. The van der Waals surface area contributed by atoms with Crippen molar-refractivity contribution in [1.29, 1.82) is 0 Å². The fourth-order valence-corrected chi connectivity index (χ4v) is 5.07. The number of anilines is 1. The summed E-state index contributed by atoms with van der Waals surface area (Å²) < 4.78 is 5.51. The zero-order valence-electron chi connectivity index (χ0n) is 17.7. The topological polar surface area (TPSA) is 76.1 Å². The van der Waals surface area contributed by atoms with Gasteiger partial charge in [-0.05, 0) is 56.7 Å². The lowest BCUT2D eigenvalue weighted by atomic mass is 9.87. The monoisotopic (exact) mass is 424 g/mol. The highest BCUT2D eigenvalue weighted by Gasteiger charge is 2.23. The first kappa shape index (κ1) is 20.8. The van der Waals surface area contributed by atoms with E-state index in [0.717, 1.165) is 40.9 Å². The molecular weight excluding hydrogens is 396 g/mol. The third-order valence-electron chi connectivity index (χ3n) is 5.45. The minimum Gasteiger partial charge on any atom is -0.377 e. The Bertz CT molecular complexity index is 1050. The molecule has 0 unspecified atom stereocenters. The van der Waals surface area contributed by atoms with Crippen molar-refractivity contribution in [3.63, 3.8) is 0 Å². The minimum atomic E-state index is -0.0863. The summed E-state index contributed by atoms with van der Waals surface area (Å²) in [6.07, 6.45) is 5.07. The summed E-state index contributed by atoms with van der Waals surface area (Å²) in [6, 6.07) is 8.82. The highest BCUT2D eigenvalue weighted by atomic mass is 32.1. The molecular formula is C23H28N4O2S. The molecule has 0 fully saturated rings. The molecule has 4 rings (SSSR count). The smallest absolute Gasteiger partial charge is 0.261 e. The molecule has 2 aromatic heterocycles. The molecule has 0 aliphatic heterocycles. The standard InChI is InChI=1S/C23H28N4O2S/c1-14(2)29-12-11-24-22(28)20-15(3)19-21(25-13-26-23(19)30-20)27-18-10-6-8-16-7-4-5-9-17(16)18/h4-5,7,9,13-14,18H,6,8,10-12H2,1-3H3,(H,24,28)(H,25,26,27)/t18-/m0/s1. The molecule has 3 aromatic rings. The van der Waals surface area contributed by atoms with Crippen LogP contribution in [0.15, 0.2) is 30.6 Å². The van der Waals surface area contributed by atoms with Crippen LogP contribution in [-0.4, -0.2) is 35.1 Å². The van der Waals surface area contributed by atoms with Crippen LogP contribution < -0.4 is 10.6 Å². The van der Waals surface area contributed by atoms with Crippen molar-refractivity contribution in [2.45, 2.75) is 52.2 Å². The van der Waals surface area contributed by atoms with E-state index in [1.807, 2.05) is 20.8 Å². The summed E-state index contributed by atoms with van der Waals surface area (Å²) in [7, 11) is 0. The number of carbonyl (C=O) groups is 1. The van der Waals surface area contributed by atoms with Crippen molar-refractivity contribution in [1.82, 2.24) is 15.3 Å². The van der Waals surface area contributed by atoms with Gasteiger partial charge in [0.15, 0.2) is 0 Å². The molecule has 0 radical (unpaired) electrons. The maximum Gasteiger partial charge on any atom is 0.261 e. The number of rotatable bonds is 7. The van der Waals surface area contributed by atoms with Gasteiger partial charge in [0, 0.05) is 6.54 Å². The van der Waals surface area contributed by atoms with Gasteiger partial charge in [0.05, 0.1) is 29.0 Å². The van der Waals surface area contributed by atoms with Crippen LogP contribution in [0.5, 0.6) is 0 Å². The van der Waals surface area contributed by atoms with Crippen LogP contribution in [0.2, 0.25) is 0 Å². The van der Waals surface area contributed by atoms with Gasteiger partial charge in [-0.3, -0.25) is 4.79 Å². The maximum absolute atomic E-state index is 12.7. The number of nitrogens with one attached hydrogen (secondary N) is 2. The number of fused-ring (bicyclic) bond motifs is 2. The first-order valence-corrected chi connectivity index (χ1v) is 11.3. The Morgan fingerprint density at radius 3 is 2.97 bits per heavy atom. The van der Waals surface area contributed by atoms with Crippen molar-refractivity contribution in [2.75, 3.05) is 18.5 Å². The Hall–Kier alpha value is -2.51. The summed E-state index contributed by atoms with van der Waals surface area (Å²) in [6.45, 7) is 6.93. The number of benzene rings is 1. The molecule has 6 nitrogen and oxygen atoms in total. The lowest BCUT2D eigenvalue weighted by Crippen LogP contribution is -2.27. The molecule has 0 saturated heterocycles. The van der Waals surface area contributed by atoms with Gasteiger partial charge in [-0.2, -0.15) is 0 Å². The fourth-order valence-electron chi connectivity index (χ4n) is 4.01. The zero-order chi connectivity index (χ0) is 21.1. The van der Waals surface area contributed by atoms with Crippen LogP contribution in [0, 0.1) is 6.92 Å². The minimum absolute atomic E-state index is 0.0863. The summed E-state index contributed by atoms with van der Waals surface area (Å²) >= 11 is 1.41. The van der Waals surface area contributed by atoms with Crippen LogP contribution in [0.1, 0.15) is 59.1 Å². The van der Waals surface area contributed by atoms with E-state index in [1.54, 1.807) is 6.33 Å². The molecule has 30 heavy (non-hydrogen) atoms. The van der Waals surface area contributed by atoms with Gasteiger partial charge in [0.2, 0.25) is 0 Å². The highest BCUT2D eigenvalue weighted by Crippen LogP contribution is 2.37. The lowest BCUT2D eigenvalue weighted by Gasteiger charge is -2.27. The van der Waals surface area contributed by atoms with E-state index in [1.165, 1.54) is 22.5 Å². The van der Waals surface area contributed by atoms with E-state index >= 15 is 0 Å². The van der Waals surface area contributed by atoms with Crippen LogP contribution in [0.4, 0.5) is 5.82 Å². The predicted octanol–water partition coefficient (Wildman–Crippen LogP) is 4.64. The second-order valence-corrected chi connectivity index (χ2v) is 8.92. The molecule has 1 atom stereocenters. The van der Waals surface area contributed by atoms with Crippen molar-refractivity contribution in [2.24, 2.45) is 0 Å². The van der Waals surface area contributed by atoms with Gasteiger partial charge in [0.1, 0.15) is 17.0 Å². The Balaban J connectivity index is 1.57. The number of nitrogens with zero attached hydrogens (tertiary/aromatic N) is 2. The van der Waals surface area contributed by atoms with Gasteiger partial charge in [-0.25, -0.2) is 9.97 Å². The normalized spacial score (nSPS) is 15.9. The summed E-state index contributed by atoms with van der Waals surface area (Å²) in [5.41, 5.74) is 3.66. The molecule has 1 aromatic carbocycles. The van der Waals surface area contributed by atoms with E-state index in [4.69, 9.17) is 4.74 Å². The molecule has 0 bridgehead atoms. The number of amides is 1. The van der Waals surface area contributed by atoms with Crippen LogP contribution in [0.25, 0.3) is 10.2 Å². The second kappa shape index (κ2) is 9.10. The number of ether oxygens (including phenoxy) is 1. The lowest BCUT2D eigenvalue weighted by molar-refractivity contribution is 0.0748. The average molecular weight is 425 g/mol. The highest BCUT2D eigenvalue weighted by molar-refractivity contribution is 7.20. The van der Waals surface area contributed by atoms with Gasteiger partial charge in [-0.15, -0.1) is 11.3 Å². The molecule has 0 spiro atoms. The van der Waals surface area contributed by atoms with Gasteiger partial charge in [0.25, 0.3) is 5.91 Å². The number of aryl methyl sites for hydroxylation is 2. The Morgan fingerprint density at radius 1 is 1.30 bits per heavy atom. The van der Waals surface area contributed by atoms with Gasteiger partial charge in [-0.1, -0.05) is 24.3 Å². The maximum atomic E-state index is 12.7. The van der Waals surface area contributed by atoms with Crippen molar-refractivity contribution in [3.05, 3.63) is 52.2 Å². The summed E-state index contributed by atoms with van der Waals surface area (Å²) in [5, 5.41) is 7.53. The van der Waals surface area contributed by atoms with Crippen LogP contribution in [-0.2, 0) is 11.2 Å². The molecule has 7 heteroatoms. The van der Waals surface area contributed by atoms with Crippen LogP contribution >= 0.6 is 11.3 Å². The molecule has 158 valence electrons. The van der Waals surface area contributed by atoms with Crippen molar-refractivity contribution in [3.8, 4) is 0 Å². The molecule has 2 heterocycles. The largest absolute Gasteiger partial charge is 0.377 e. The number of thiophene rings is 1. The Morgan fingerprint density at radius 2 is 2.13 bits per heavy atom. The SMILES string of the molecule is Cc1c(C(=O)NCCOC(C)C)sc2ncnc(N[C@H]3CCCc4ccccc43)c12. The number of hydrogen-bond donors (Lipinski definition) is 2. The van der Waals surface area contributed by atoms with E-state index in [-0.39, 0.29) is 18.1 Å². The number of aromatic nitrogens is 2. The first-order chi connectivity index (χ1) is 14.5. The molecule has 2 N–H and O–H groups in total. The van der Waals surface area contributed by atoms with E-state index in [0.29, 0.717) is 18.0 Å². The summed E-state index contributed by atoms with van der Waals surface area (Å²) in [5.74, 6) is 0.717. The van der Waals surface area contributed by atoms with Gasteiger partial charge < -0.3 is 15.4 Å². The van der Waals surface area contributed by atoms with Crippen LogP contribution in [0.3, 0.4) is 0 Å². The molecule has 1 aliphatic carbocycles. The van der Waals surface area contributed by atoms with E-state index < -0.39 is 0 Å². The number of carbonyl (C=O) groups excluding carboxylic acids is 1. The quantitative estimate of drug-likeness (QED) is 0.540.